The largest absolute Gasteiger partial charge is 0.300 e. The molecule has 10 heteroatoms. The van der Waals surface area contributed by atoms with Gasteiger partial charge in [-0.3, -0.25) is 9.59 Å². The molecule has 0 atom stereocenters. The highest BCUT2D eigenvalue weighted by Gasteiger charge is 2.27. The van der Waals surface area contributed by atoms with E-state index >= 15 is 0 Å². The number of nitrogens with zero attached hydrogens (tertiary/aromatic N) is 6. The number of rotatable bonds is 12. The van der Waals surface area contributed by atoms with Gasteiger partial charge in [0.15, 0.2) is 11.6 Å². The number of hydrogen-bond acceptors (Lipinski definition) is 8. The fraction of sp³-hybridized carbons (Fsp3) is 0.765. The Balaban J connectivity index is 1.64. The number of Topliss-reactive ketones (excluding diaryl/α,β-unsaturated/α-hetero) is 2. The Morgan fingerprint density at radius 2 is 1.15 bits per heavy atom. The minimum Gasteiger partial charge on any atom is -0.300 e. The predicted octanol–water partition coefficient (Wildman–Crippen LogP) is 1.84. The van der Waals surface area contributed by atoms with Crippen LogP contribution in [-0.4, -0.2) is 52.8 Å². The van der Waals surface area contributed by atoms with Crippen molar-refractivity contribution < 1.29 is 9.59 Å². The molecule has 2 N–H and O–H groups in total. The van der Waals surface area contributed by atoms with Crippen LogP contribution in [0.5, 0.6) is 0 Å². The second-order valence-electron chi connectivity index (χ2n) is 8.17. The molecule has 0 aliphatic rings. The zero-order valence-corrected chi connectivity index (χ0v) is 16.4. The Bertz CT molecular complexity index is 660. The van der Waals surface area contributed by atoms with Crippen molar-refractivity contribution in [3.63, 3.8) is 0 Å². The van der Waals surface area contributed by atoms with Crippen LogP contribution >= 0.6 is 0 Å². The van der Waals surface area contributed by atoms with Crippen molar-refractivity contribution in [1.82, 2.24) is 41.2 Å². The molecular weight excluding hydrogens is 348 g/mol. The first-order valence-corrected chi connectivity index (χ1v) is 9.22. The Morgan fingerprint density at radius 1 is 0.741 bits per heavy atom. The number of carbonyl (C=O) groups excluding carboxylic acids is 2. The Morgan fingerprint density at radius 3 is 1.48 bits per heavy atom. The highest BCUT2D eigenvalue weighted by Crippen LogP contribution is 2.26. The lowest BCUT2D eigenvalue weighted by atomic mass is 9.85. The van der Waals surface area contributed by atoms with Crippen LogP contribution in [0.2, 0.25) is 0 Å². The van der Waals surface area contributed by atoms with Gasteiger partial charge in [-0.05, 0) is 19.3 Å². The number of ketones is 2. The van der Waals surface area contributed by atoms with Gasteiger partial charge < -0.3 is 0 Å². The van der Waals surface area contributed by atoms with Crippen LogP contribution in [0, 0.1) is 0 Å². The summed E-state index contributed by atoms with van der Waals surface area (Å²) in [7, 11) is 0. The molecule has 2 aromatic rings. The minimum absolute atomic E-state index is 0.159. The maximum absolute atomic E-state index is 12.1. The quantitative estimate of drug-likeness (QED) is 0.571. The predicted molar refractivity (Wildman–Crippen MR) is 96.7 cm³/mol. The Labute approximate surface area is 158 Å². The average Bonchev–Trinajstić information content (AvgIpc) is 3.32. The van der Waals surface area contributed by atoms with Crippen molar-refractivity contribution in [3.8, 4) is 0 Å². The molecule has 0 saturated carbocycles. The van der Waals surface area contributed by atoms with Crippen LogP contribution in [0.4, 0.5) is 0 Å². The highest BCUT2D eigenvalue weighted by atomic mass is 16.1. The van der Waals surface area contributed by atoms with Gasteiger partial charge in [-0.2, -0.15) is 10.4 Å². The lowest BCUT2D eigenvalue weighted by Crippen LogP contribution is -2.21. The van der Waals surface area contributed by atoms with Crippen molar-refractivity contribution in [2.45, 2.75) is 83.5 Å². The van der Waals surface area contributed by atoms with Gasteiger partial charge in [0.1, 0.15) is 11.6 Å². The van der Waals surface area contributed by atoms with E-state index in [2.05, 4.69) is 41.2 Å². The molecule has 0 radical (unpaired) electrons. The van der Waals surface area contributed by atoms with Gasteiger partial charge in [0.2, 0.25) is 0 Å². The SMILES string of the molecule is CC(C)(CCC(=O)CCCC(=O)CCC(C)(C)c1nn[nH]n1)c1nn[nH]n1. The fourth-order valence-electron chi connectivity index (χ4n) is 2.76. The van der Waals surface area contributed by atoms with Gasteiger partial charge in [-0.1, -0.05) is 38.1 Å². The Kier molecular flexibility index (Phi) is 6.86. The van der Waals surface area contributed by atoms with E-state index in [0.717, 1.165) is 0 Å². The number of aromatic amines is 2. The van der Waals surface area contributed by atoms with E-state index in [1.54, 1.807) is 0 Å². The molecule has 0 unspecified atom stereocenters. The second-order valence-corrected chi connectivity index (χ2v) is 8.17. The van der Waals surface area contributed by atoms with E-state index in [4.69, 9.17) is 0 Å². The molecule has 10 nitrogen and oxygen atoms in total. The molecule has 27 heavy (non-hydrogen) atoms. The summed E-state index contributed by atoms with van der Waals surface area (Å²) in [6.07, 6.45) is 3.62. The zero-order chi connectivity index (χ0) is 19.9. The van der Waals surface area contributed by atoms with Gasteiger partial charge in [0, 0.05) is 36.5 Å². The van der Waals surface area contributed by atoms with Crippen LogP contribution in [0.15, 0.2) is 0 Å². The summed E-state index contributed by atoms with van der Waals surface area (Å²) in [6.45, 7) is 7.94. The van der Waals surface area contributed by atoms with Gasteiger partial charge in [0.05, 0.1) is 0 Å². The van der Waals surface area contributed by atoms with E-state index in [1.807, 2.05) is 27.7 Å². The molecule has 0 amide bonds. The number of tetrazole rings is 2. The molecule has 2 rings (SSSR count). The van der Waals surface area contributed by atoms with Crippen LogP contribution in [0.1, 0.15) is 84.3 Å². The summed E-state index contributed by atoms with van der Waals surface area (Å²) in [4.78, 5) is 24.2. The molecule has 0 bridgehead atoms. The monoisotopic (exact) mass is 376 g/mol. The maximum atomic E-state index is 12.1. The third kappa shape index (κ3) is 6.30. The van der Waals surface area contributed by atoms with E-state index < -0.39 is 0 Å². The van der Waals surface area contributed by atoms with E-state index in [1.165, 1.54) is 0 Å². The summed E-state index contributed by atoms with van der Waals surface area (Å²) in [5.41, 5.74) is -0.613. The Hall–Kier alpha value is -2.52. The van der Waals surface area contributed by atoms with Crippen LogP contribution in [-0.2, 0) is 20.4 Å². The van der Waals surface area contributed by atoms with Gasteiger partial charge in [-0.25, -0.2) is 0 Å². The molecule has 0 spiro atoms. The molecule has 148 valence electrons. The smallest absolute Gasteiger partial charge is 0.180 e. The zero-order valence-electron chi connectivity index (χ0n) is 16.4. The van der Waals surface area contributed by atoms with Crippen LogP contribution in [0.25, 0.3) is 0 Å². The number of aromatic nitrogens is 8. The van der Waals surface area contributed by atoms with Crippen molar-refractivity contribution >= 4 is 11.6 Å². The minimum atomic E-state index is -0.306. The fourth-order valence-corrected chi connectivity index (χ4v) is 2.76. The third-order valence-corrected chi connectivity index (χ3v) is 4.87. The highest BCUT2D eigenvalue weighted by molar-refractivity contribution is 5.81. The van der Waals surface area contributed by atoms with Gasteiger partial charge >= 0.3 is 0 Å². The van der Waals surface area contributed by atoms with Crippen molar-refractivity contribution in [3.05, 3.63) is 11.6 Å². The first kappa shape index (κ1) is 20.8. The molecule has 0 aliphatic heterocycles. The number of carbonyl (C=O) groups is 2. The lowest BCUT2D eigenvalue weighted by molar-refractivity contribution is -0.120. The van der Waals surface area contributed by atoms with Crippen LogP contribution in [0.3, 0.4) is 0 Å². The number of hydrogen-bond donors (Lipinski definition) is 2. The standard InChI is InChI=1S/C17H28N8O2/c1-16(2,14-18-22-23-19-14)10-8-12(26)6-5-7-13(27)9-11-17(3,4)15-20-24-25-21-15/h5-11H2,1-4H3,(H,18,19,22,23)(H,20,21,24,25). The van der Waals surface area contributed by atoms with Gasteiger partial charge in [0.25, 0.3) is 0 Å². The topological polar surface area (TPSA) is 143 Å². The summed E-state index contributed by atoms with van der Waals surface area (Å²) in [6, 6.07) is 0. The molecule has 0 saturated heterocycles. The van der Waals surface area contributed by atoms with E-state index in [-0.39, 0.29) is 22.4 Å². The molecule has 0 aromatic carbocycles. The number of nitrogens with one attached hydrogen (secondary N) is 2. The second kappa shape index (κ2) is 8.92. The summed E-state index contributed by atoms with van der Waals surface area (Å²) < 4.78 is 0. The van der Waals surface area contributed by atoms with Crippen LogP contribution < -0.4 is 0 Å². The molecule has 2 aromatic heterocycles. The summed E-state index contributed by atoms with van der Waals surface area (Å²) >= 11 is 0. The summed E-state index contributed by atoms with van der Waals surface area (Å²) in [5.74, 6) is 1.53. The molecule has 2 heterocycles. The normalized spacial score (nSPS) is 12.3. The van der Waals surface area contributed by atoms with Crippen molar-refractivity contribution in [2.75, 3.05) is 0 Å². The first-order valence-electron chi connectivity index (χ1n) is 9.22. The lowest BCUT2D eigenvalue weighted by Gasteiger charge is -2.19. The number of H-pyrrole nitrogens is 2. The first-order chi connectivity index (χ1) is 12.7. The maximum Gasteiger partial charge on any atom is 0.180 e. The van der Waals surface area contributed by atoms with E-state index in [0.29, 0.717) is 56.6 Å². The van der Waals surface area contributed by atoms with Gasteiger partial charge in [-0.15, -0.1) is 20.4 Å². The third-order valence-electron chi connectivity index (χ3n) is 4.87. The molecular formula is C17H28N8O2. The molecule has 0 fully saturated rings. The summed E-state index contributed by atoms with van der Waals surface area (Å²) in [5, 5.41) is 28.0. The van der Waals surface area contributed by atoms with E-state index in [9.17, 15) is 9.59 Å². The molecule has 0 aliphatic carbocycles. The van der Waals surface area contributed by atoms with Crippen molar-refractivity contribution in [2.24, 2.45) is 0 Å². The van der Waals surface area contributed by atoms with Crippen molar-refractivity contribution in [1.29, 1.82) is 0 Å². The average molecular weight is 376 g/mol.